The Bertz CT molecular complexity index is 895. The van der Waals surface area contributed by atoms with E-state index in [9.17, 15) is 9.59 Å². The summed E-state index contributed by atoms with van der Waals surface area (Å²) in [6, 6.07) is 22.6. The summed E-state index contributed by atoms with van der Waals surface area (Å²) >= 11 is 5.78. The van der Waals surface area contributed by atoms with Crippen LogP contribution >= 0.6 is 11.6 Å². The first kappa shape index (κ1) is 17.5. The van der Waals surface area contributed by atoms with Gasteiger partial charge in [-0.25, -0.2) is 0 Å². The molecule has 0 aliphatic rings. The summed E-state index contributed by atoms with van der Waals surface area (Å²) in [5.74, 6) is -0.194. The molecule has 0 unspecified atom stereocenters. The van der Waals surface area contributed by atoms with Crippen molar-refractivity contribution >= 4 is 34.8 Å². The van der Waals surface area contributed by atoms with Gasteiger partial charge in [-0.3, -0.25) is 9.59 Å². The lowest BCUT2D eigenvalue weighted by Crippen LogP contribution is -2.29. The second kappa shape index (κ2) is 8.18. The Labute approximate surface area is 155 Å². The van der Waals surface area contributed by atoms with Crippen molar-refractivity contribution in [2.45, 2.75) is 0 Å². The van der Waals surface area contributed by atoms with Crippen LogP contribution < -0.4 is 15.4 Å². The largest absolute Gasteiger partial charge is 0.457 e. The van der Waals surface area contributed by atoms with Gasteiger partial charge in [-0.1, -0.05) is 29.8 Å². The Hall–Kier alpha value is -3.31. The van der Waals surface area contributed by atoms with Gasteiger partial charge in [0, 0.05) is 16.4 Å². The van der Waals surface area contributed by atoms with Gasteiger partial charge in [-0.2, -0.15) is 0 Å². The number of carbonyl (C=O) groups excluding carboxylic acids is 2. The highest BCUT2D eigenvalue weighted by atomic mass is 35.5. The first-order valence-corrected chi connectivity index (χ1v) is 8.19. The van der Waals surface area contributed by atoms with Crippen LogP contribution in [0.1, 0.15) is 0 Å². The summed E-state index contributed by atoms with van der Waals surface area (Å²) in [7, 11) is 0. The normalized spacial score (nSPS) is 10.0. The summed E-state index contributed by atoms with van der Waals surface area (Å²) in [5.41, 5.74) is 0.975. The van der Waals surface area contributed by atoms with Crippen LogP contribution in [-0.2, 0) is 9.59 Å². The van der Waals surface area contributed by atoms with Gasteiger partial charge in [0.15, 0.2) is 0 Å². The Morgan fingerprint density at radius 2 is 1.12 bits per heavy atom. The third kappa shape index (κ3) is 4.84. The van der Waals surface area contributed by atoms with Gasteiger partial charge in [-0.05, 0) is 60.7 Å². The summed E-state index contributed by atoms with van der Waals surface area (Å²) in [5, 5.41) is 5.58. The average Bonchev–Trinajstić information content (AvgIpc) is 2.66. The lowest BCUT2D eigenvalue weighted by Gasteiger charge is -2.08. The predicted octanol–water partition coefficient (Wildman–Crippen LogP) is 4.71. The van der Waals surface area contributed by atoms with Crippen molar-refractivity contribution in [2.24, 2.45) is 0 Å². The third-order valence-corrected chi connectivity index (χ3v) is 3.65. The average molecular weight is 367 g/mol. The lowest BCUT2D eigenvalue weighted by atomic mass is 10.3. The Morgan fingerprint density at radius 1 is 0.654 bits per heavy atom. The molecule has 2 N–H and O–H groups in total. The molecule has 0 bridgehead atoms. The molecule has 0 saturated carbocycles. The van der Waals surface area contributed by atoms with E-state index in [1.165, 1.54) is 0 Å². The van der Waals surface area contributed by atoms with E-state index in [0.29, 0.717) is 27.9 Å². The van der Waals surface area contributed by atoms with Crippen LogP contribution in [0.15, 0.2) is 78.9 Å². The van der Waals surface area contributed by atoms with E-state index in [-0.39, 0.29) is 0 Å². The van der Waals surface area contributed by atoms with Gasteiger partial charge in [-0.15, -0.1) is 0 Å². The van der Waals surface area contributed by atoms with E-state index in [2.05, 4.69) is 10.6 Å². The molecule has 0 fully saturated rings. The van der Waals surface area contributed by atoms with Gasteiger partial charge in [0.2, 0.25) is 0 Å². The number of hydrogen-bond acceptors (Lipinski definition) is 3. The number of nitrogens with one attached hydrogen (secondary N) is 2. The van der Waals surface area contributed by atoms with Gasteiger partial charge in [0.25, 0.3) is 0 Å². The molecule has 0 spiro atoms. The van der Waals surface area contributed by atoms with Crippen molar-refractivity contribution in [2.75, 3.05) is 10.6 Å². The van der Waals surface area contributed by atoms with Crippen molar-refractivity contribution in [3.8, 4) is 11.5 Å². The molecule has 2 amide bonds. The molecule has 26 heavy (non-hydrogen) atoms. The maximum atomic E-state index is 12.0. The molecule has 0 heterocycles. The molecule has 0 aromatic heterocycles. The van der Waals surface area contributed by atoms with E-state index in [4.69, 9.17) is 16.3 Å². The number of amides is 2. The third-order valence-electron chi connectivity index (χ3n) is 3.40. The monoisotopic (exact) mass is 366 g/mol. The minimum Gasteiger partial charge on any atom is -0.457 e. The minimum atomic E-state index is -0.767. The fourth-order valence-corrected chi connectivity index (χ4v) is 2.27. The van der Waals surface area contributed by atoms with Crippen LogP contribution in [0.5, 0.6) is 11.5 Å². The van der Waals surface area contributed by atoms with Crippen molar-refractivity contribution in [1.29, 1.82) is 0 Å². The maximum Gasteiger partial charge on any atom is 0.314 e. The van der Waals surface area contributed by atoms with Crippen LogP contribution in [0.4, 0.5) is 11.4 Å². The number of carbonyl (C=O) groups is 2. The maximum absolute atomic E-state index is 12.0. The number of halogens is 1. The SMILES string of the molecule is O=C(Nc1ccc(Cl)cc1)C(=O)Nc1ccc(Oc2ccccc2)cc1. The topological polar surface area (TPSA) is 67.4 Å². The molecular weight excluding hydrogens is 352 g/mol. The summed E-state index contributed by atoms with van der Waals surface area (Å²) in [6.07, 6.45) is 0. The zero-order chi connectivity index (χ0) is 18.4. The molecule has 0 radical (unpaired) electrons. The molecule has 0 atom stereocenters. The first-order chi connectivity index (χ1) is 12.6. The summed E-state index contributed by atoms with van der Waals surface area (Å²) in [6.45, 7) is 0. The van der Waals surface area contributed by atoms with Crippen LogP contribution in [0, 0.1) is 0 Å². The number of ether oxygens (including phenoxy) is 1. The first-order valence-electron chi connectivity index (χ1n) is 7.81. The van der Waals surface area contributed by atoms with Crippen LogP contribution in [0.2, 0.25) is 5.02 Å². The quantitative estimate of drug-likeness (QED) is 0.657. The molecule has 5 nitrogen and oxygen atoms in total. The van der Waals surface area contributed by atoms with Gasteiger partial charge in [0.05, 0.1) is 0 Å². The van der Waals surface area contributed by atoms with Gasteiger partial charge < -0.3 is 15.4 Å². The standard InChI is InChI=1S/C20H15ClN2O3/c21-14-6-8-15(9-7-14)22-19(24)20(25)23-16-10-12-18(13-11-16)26-17-4-2-1-3-5-17/h1-13H,(H,22,24)(H,23,25). The molecule has 6 heteroatoms. The molecule has 0 aliphatic carbocycles. The Kier molecular flexibility index (Phi) is 5.51. The van der Waals surface area contributed by atoms with Crippen molar-refractivity contribution in [3.63, 3.8) is 0 Å². The second-order valence-corrected chi connectivity index (χ2v) is 5.79. The second-order valence-electron chi connectivity index (χ2n) is 5.35. The van der Waals surface area contributed by atoms with E-state index < -0.39 is 11.8 Å². The van der Waals surface area contributed by atoms with E-state index in [0.717, 1.165) is 0 Å². The lowest BCUT2D eigenvalue weighted by molar-refractivity contribution is -0.132. The number of rotatable bonds is 4. The summed E-state index contributed by atoms with van der Waals surface area (Å²) in [4.78, 5) is 23.9. The number of anilines is 2. The van der Waals surface area contributed by atoms with E-state index >= 15 is 0 Å². The van der Waals surface area contributed by atoms with Crippen molar-refractivity contribution < 1.29 is 14.3 Å². The van der Waals surface area contributed by atoms with Crippen LogP contribution in [0.25, 0.3) is 0 Å². The fraction of sp³-hybridized carbons (Fsp3) is 0. The highest BCUT2D eigenvalue weighted by Crippen LogP contribution is 2.22. The summed E-state index contributed by atoms with van der Waals surface area (Å²) < 4.78 is 5.67. The van der Waals surface area contributed by atoms with Crippen LogP contribution in [0.3, 0.4) is 0 Å². The number of hydrogen-bond donors (Lipinski definition) is 2. The molecule has 3 rings (SSSR count). The van der Waals surface area contributed by atoms with Crippen LogP contribution in [-0.4, -0.2) is 11.8 Å². The van der Waals surface area contributed by atoms with Crippen molar-refractivity contribution in [3.05, 3.63) is 83.9 Å². The molecule has 0 aliphatic heterocycles. The fourth-order valence-electron chi connectivity index (χ4n) is 2.14. The van der Waals surface area contributed by atoms with Gasteiger partial charge >= 0.3 is 11.8 Å². The highest BCUT2D eigenvalue weighted by molar-refractivity contribution is 6.43. The Balaban J connectivity index is 1.57. The minimum absolute atomic E-state index is 0.487. The highest BCUT2D eigenvalue weighted by Gasteiger charge is 2.14. The molecule has 3 aromatic rings. The zero-order valence-corrected chi connectivity index (χ0v) is 14.4. The smallest absolute Gasteiger partial charge is 0.314 e. The molecule has 130 valence electrons. The van der Waals surface area contributed by atoms with Gasteiger partial charge in [0.1, 0.15) is 11.5 Å². The molecule has 3 aromatic carbocycles. The van der Waals surface area contributed by atoms with E-state index in [1.807, 2.05) is 30.3 Å². The number of benzene rings is 3. The van der Waals surface area contributed by atoms with Crippen molar-refractivity contribution in [1.82, 2.24) is 0 Å². The zero-order valence-electron chi connectivity index (χ0n) is 13.6. The predicted molar refractivity (Wildman–Crippen MR) is 102 cm³/mol. The molecule has 0 saturated heterocycles. The molecular formula is C20H15ClN2O3. The van der Waals surface area contributed by atoms with E-state index in [1.54, 1.807) is 48.5 Å². The number of para-hydroxylation sites is 1. The Morgan fingerprint density at radius 3 is 1.65 bits per heavy atom.